The van der Waals surface area contributed by atoms with E-state index < -0.39 is 0 Å². The van der Waals surface area contributed by atoms with Crippen LogP contribution in [0.15, 0.2) is 48.7 Å². The highest BCUT2D eigenvalue weighted by atomic mass is 35.5. The number of benzene rings is 2. The molecule has 0 radical (unpaired) electrons. The van der Waals surface area contributed by atoms with Crippen LogP contribution >= 0.6 is 11.6 Å². The van der Waals surface area contributed by atoms with Crippen molar-refractivity contribution in [2.75, 3.05) is 24.5 Å². The molecule has 3 heterocycles. The van der Waals surface area contributed by atoms with Crippen LogP contribution in [0, 0.1) is 0 Å². The summed E-state index contributed by atoms with van der Waals surface area (Å²) in [4.78, 5) is 18.7. The summed E-state index contributed by atoms with van der Waals surface area (Å²) in [5, 5.41) is 6.72. The molecule has 0 atom stereocenters. The van der Waals surface area contributed by atoms with Crippen molar-refractivity contribution in [2.45, 2.75) is 13.1 Å². The standard InChI is InChI=1S/C22H19ClN4O4/c1-29-14-4-2-13(3-5-14)10-27-11-15-17(8-9-24-21(15)26-22(27)28)25-19-16(23)6-7-18-20(19)31-12-30-18/h2-9H,10-12H2,1H3,(H2,24,25,26,28). The Morgan fingerprint density at radius 1 is 1.19 bits per heavy atom. The molecule has 2 aliphatic heterocycles. The van der Waals surface area contributed by atoms with Gasteiger partial charge in [0.15, 0.2) is 11.5 Å². The fourth-order valence-corrected chi connectivity index (χ4v) is 3.79. The van der Waals surface area contributed by atoms with E-state index in [1.807, 2.05) is 30.3 Å². The van der Waals surface area contributed by atoms with E-state index in [9.17, 15) is 4.79 Å². The monoisotopic (exact) mass is 438 g/mol. The number of nitrogens with one attached hydrogen (secondary N) is 2. The number of methoxy groups -OCH3 is 1. The fourth-order valence-electron chi connectivity index (χ4n) is 3.60. The number of carbonyl (C=O) groups excluding carboxylic acids is 1. The van der Waals surface area contributed by atoms with Crippen LogP contribution in [0.3, 0.4) is 0 Å². The van der Waals surface area contributed by atoms with Crippen molar-refractivity contribution < 1.29 is 19.0 Å². The lowest BCUT2D eigenvalue weighted by molar-refractivity contribution is 0.174. The van der Waals surface area contributed by atoms with Crippen molar-refractivity contribution in [1.82, 2.24) is 9.88 Å². The second-order valence-corrected chi connectivity index (χ2v) is 7.51. The SMILES string of the molecule is COc1ccc(CN2Cc3c(Nc4c(Cl)ccc5c4OCO5)ccnc3NC2=O)cc1. The summed E-state index contributed by atoms with van der Waals surface area (Å²) in [6.07, 6.45) is 1.63. The van der Waals surface area contributed by atoms with Crippen molar-refractivity contribution >= 4 is 34.8 Å². The third-order valence-electron chi connectivity index (χ3n) is 5.20. The van der Waals surface area contributed by atoms with Gasteiger partial charge in [-0.1, -0.05) is 23.7 Å². The Hall–Kier alpha value is -3.65. The van der Waals surface area contributed by atoms with Crippen LogP contribution < -0.4 is 24.8 Å². The summed E-state index contributed by atoms with van der Waals surface area (Å²) in [5.41, 5.74) is 3.23. The minimum Gasteiger partial charge on any atom is -0.497 e. The number of hydrogen-bond acceptors (Lipinski definition) is 6. The Morgan fingerprint density at radius 2 is 2.03 bits per heavy atom. The van der Waals surface area contributed by atoms with Gasteiger partial charge < -0.3 is 24.4 Å². The van der Waals surface area contributed by atoms with Gasteiger partial charge in [-0.25, -0.2) is 9.78 Å². The van der Waals surface area contributed by atoms with E-state index >= 15 is 0 Å². The predicted octanol–water partition coefficient (Wildman–Crippen LogP) is 4.76. The first kappa shape index (κ1) is 19.3. The molecule has 2 amide bonds. The molecular weight excluding hydrogens is 420 g/mol. The number of nitrogens with zero attached hydrogens (tertiary/aromatic N) is 2. The maximum Gasteiger partial charge on any atom is 0.323 e. The summed E-state index contributed by atoms with van der Waals surface area (Å²) in [5.74, 6) is 2.48. The van der Waals surface area contributed by atoms with Crippen LogP contribution in [-0.2, 0) is 13.1 Å². The quantitative estimate of drug-likeness (QED) is 0.597. The predicted molar refractivity (Wildman–Crippen MR) is 116 cm³/mol. The number of ether oxygens (including phenoxy) is 3. The molecule has 8 nitrogen and oxygen atoms in total. The molecule has 0 saturated carbocycles. The smallest absolute Gasteiger partial charge is 0.323 e. The first-order valence-electron chi connectivity index (χ1n) is 9.64. The Balaban J connectivity index is 1.43. The molecular formula is C22H19ClN4O4. The van der Waals surface area contributed by atoms with E-state index in [0.717, 1.165) is 22.6 Å². The number of halogens is 1. The van der Waals surface area contributed by atoms with Crippen molar-refractivity contribution in [3.63, 3.8) is 0 Å². The van der Waals surface area contributed by atoms with Gasteiger partial charge in [-0.2, -0.15) is 0 Å². The van der Waals surface area contributed by atoms with E-state index in [0.29, 0.717) is 41.1 Å². The Labute approximate surface area is 183 Å². The number of carbonyl (C=O) groups is 1. The summed E-state index contributed by atoms with van der Waals surface area (Å²) >= 11 is 6.42. The summed E-state index contributed by atoms with van der Waals surface area (Å²) in [7, 11) is 1.62. The molecule has 0 bridgehead atoms. The summed E-state index contributed by atoms with van der Waals surface area (Å²) in [6, 6.07) is 12.8. The first-order chi connectivity index (χ1) is 15.1. The molecule has 5 rings (SSSR count). The lowest BCUT2D eigenvalue weighted by Crippen LogP contribution is -2.38. The van der Waals surface area contributed by atoms with Crippen molar-refractivity contribution in [3.05, 3.63) is 64.8 Å². The molecule has 2 aliphatic rings. The molecule has 3 aromatic rings. The topological polar surface area (TPSA) is 85.0 Å². The Kier molecular flexibility index (Phi) is 4.91. The van der Waals surface area contributed by atoms with Crippen LogP contribution in [-0.4, -0.2) is 29.8 Å². The summed E-state index contributed by atoms with van der Waals surface area (Å²) < 4.78 is 16.2. The molecule has 1 aromatic heterocycles. The fraction of sp³-hybridized carbons (Fsp3) is 0.182. The molecule has 158 valence electrons. The molecule has 2 N–H and O–H groups in total. The number of rotatable bonds is 5. The lowest BCUT2D eigenvalue weighted by atomic mass is 10.1. The molecule has 0 saturated heterocycles. The molecule has 0 fully saturated rings. The number of aromatic nitrogens is 1. The van der Waals surface area contributed by atoms with Crippen molar-refractivity contribution in [3.8, 4) is 17.2 Å². The number of fused-ring (bicyclic) bond motifs is 2. The third-order valence-corrected chi connectivity index (χ3v) is 5.51. The van der Waals surface area contributed by atoms with E-state index in [4.69, 9.17) is 25.8 Å². The van der Waals surface area contributed by atoms with Gasteiger partial charge in [0.25, 0.3) is 0 Å². The average molecular weight is 439 g/mol. The van der Waals surface area contributed by atoms with Gasteiger partial charge >= 0.3 is 6.03 Å². The van der Waals surface area contributed by atoms with Crippen LogP contribution in [0.2, 0.25) is 5.02 Å². The zero-order valence-electron chi connectivity index (χ0n) is 16.6. The molecule has 0 unspecified atom stereocenters. The molecule has 0 aliphatic carbocycles. The maximum atomic E-state index is 12.6. The number of amides is 2. The van der Waals surface area contributed by atoms with Gasteiger partial charge in [-0.05, 0) is 35.9 Å². The van der Waals surface area contributed by atoms with Crippen LogP contribution in [0.1, 0.15) is 11.1 Å². The van der Waals surface area contributed by atoms with E-state index in [1.165, 1.54) is 0 Å². The highest BCUT2D eigenvalue weighted by Crippen LogP contribution is 2.45. The number of anilines is 3. The molecule has 9 heteroatoms. The minimum absolute atomic E-state index is 0.143. The maximum absolute atomic E-state index is 12.6. The van der Waals surface area contributed by atoms with Crippen LogP contribution in [0.25, 0.3) is 0 Å². The zero-order valence-corrected chi connectivity index (χ0v) is 17.4. The third kappa shape index (κ3) is 3.66. The molecule has 0 spiro atoms. The second-order valence-electron chi connectivity index (χ2n) is 7.10. The average Bonchev–Trinajstić information content (AvgIpc) is 3.26. The van der Waals surface area contributed by atoms with Crippen molar-refractivity contribution in [1.29, 1.82) is 0 Å². The number of pyridine rings is 1. The number of urea groups is 1. The van der Waals surface area contributed by atoms with Crippen molar-refractivity contribution in [2.24, 2.45) is 0 Å². The number of hydrogen-bond donors (Lipinski definition) is 2. The van der Waals surface area contributed by atoms with Gasteiger partial charge in [0.2, 0.25) is 6.79 Å². The molecule has 31 heavy (non-hydrogen) atoms. The normalized spacial score (nSPS) is 14.1. The van der Waals surface area contributed by atoms with Gasteiger partial charge in [0.05, 0.1) is 18.7 Å². The van der Waals surface area contributed by atoms with Gasteiger partial charge in [-0.3, -0.25) is 5.32 Å². The highest BCUT2D eigenvalue weighted by Gasteiger charge is 2.27. The van der Waals surface area contributed by atoms with Crippen LogP contribution in [0.4, 0.5) is 22.0 Å². The Bertz CT molecular complexity index is 1150. The van der Waals surface area contributed by atoms with Gasteiger partial charge in [0.1, 0.15) is 17.3 Å². The van der Waals surface area contributed by atoms with E-state index in [2.05, 4.69) is 15.6 Å². The lowest BCUT2D eigenvalue weighted by Gasteiger charge is -2.30. The van der Waals surface area contributed by atoms with E-state index in [1.54, 1.807) is 30.3 Å². The van der Waals surface area contributed by atoms with Gasteiger partial charge in [-0.15, -0.1) is 0 Å². The Morgan fingerprint density at radius 3 is 2.84 bits per heavy atom. The molecule has 2 aromatic carbocycles. The van der Waals surface area contributed by atoms with Crippen LogP contribution in [0.5, 0.6) is 17.2 Å². The summed E-state index contributed by atoms with van der Waals surface area (Å²) in [6.45, 7) is 0.972. The first-order valence-corrected chi connectivity index (χ1v) is 10.0. The van der Waals surface area contributed by atoms with Gasteiger partial charge in [0, 0.05) is 24.0 Å². The largest absolute Gasteiger partial charge is 0.497 e. The second kappa shape index (κ2) is 7.88. The zero-order chi connectivity index (χ0) is 21.4. The minimum atomic E-state index is -0.205. The van der Waals surface area contributed by atoms with E-state index in [-0.39, 0.29) is 12.8 Å². The highest BCUT2D eigenvalue weighted by molar-refractivity contribution is 6.34.